The van der Waals surface area contributed by atoms with Crippen LogP contribution in [0, 0.1) is 5.82 Å². The van der Waals surface area contributed by atoms with Crippen LogP contribution in [-0.2, 0) is 6.42 Å². The van der Waals surface area contributed by atoms with Crippen molar-refractivity contribution in [1.29, 1.82) is 0 Å². The fourth-order valence-electron chi connectivity index (χ4n) is 2.32. The Morgan fingerprint density at radius 2 is 2.30 bits per heavy atom. The SMILES string of the molecule is C[C@@H](Cc1cncs1)NC(=O)c1cn[nH]c1-c1cccc(F)c1. The van der Waals surface area contributed by atoms with Crippen LogP contribution in [0.3, 0.4) is 0 Å². The summed E-state index contributed by atoms with van der Waals surface area (Å²) in [6.07, 6.45) is 3.96. The zero-order chi connectivity index (χ0) is 16.2. The van der Waals surface area contributed by atoms with E-state index >= 15 is 0 Å². The number of hydrogen-bond donors (Lipinski definition) is 2. The number of halogens is 1. The highest BCUT2D eigenvalue weighted by Crippen LogP contribution is 2.22. The van der Waals surface area contributed by atoms with Crippen LogP contribution in [0.15, 0.2) is 42.2 Å². The van der Waals surface area contributed by atoms with Crippen molar-refractivity contribution in [2.45, 2.75) is 19.4 Å². The van der Waals surface area contributed by atoms with Gasteiger partial charge in [0.25, 0.3) is 5.91 Å². The predicted molar refractivity (Wildman–Crippen MR) is 86.7 cm³/mol. The van der Waals surface area contributed by atoms with Gasteiger partial charge in [0, 0.05) is 29.1 Å². The van der Waals surface area contributed by atoms with Crippen molar-refractivity contribution in [1.82, 2.24) is 20.5 Å². The third-order valence-electron chi connectivity index (χ3n) is 3.37. The lowest BCUT2D eigenvalue weighted by atomic mass is 10.1. The van der Waals surface area contributed by atoms with Crippen molar-refractivity contribution < 1.29 is 9.18 Å². The quantitative estimate of drug-likeness (QED) is 0.755. The first-order valence-electron chi connectivity index (χ1n) is 7.11. The fraction of sp³-hybridized carbons (Fsp3) is 0.188. The highest BCUT2D eigenvalue weighted by molar-refractivity contribution is 7.09. The molecule has 0 radical (unpaired) electrons. The maximum absolute atomic E-state index is 13.4. The largest absolute Gasteiger partial charge is 0.349 e. The number of aromatic nitrogens is 3. The Morgan fingerprint density at radius 3 is 3.04 bits per heavy atom. The van der Waals surface area contributed by atoms with Crippen LogP contribution in [-0.4, -0.2) is 27.1 Å². The molecule has 0 saturated heterocycles. The first-order chi connectivity index (χ1) is 11.1. The summed E-state index contributed by atoms with van der Waals surface area (Å²) in [6.45, 7) is 1.93. The molecule has 0 aliphatic heterocycles. The summed E-state index contributed by atoms with van der Waals surface area (Å²) in [4.78, 5) is 17.6. The van der Waals surface area contributed by atoms with Gasteiger partial charge in [-0.15, -0.1) is 11.3 Å². The molecule has 0 spiro atoms. The lowest BCUT2D eigenvalue weighted by Crippen LogP contribution is -2.34. The second-order valence-corrected chi connectivity index (χ2v) is 6.19. The minimum Gasteiger partial charge on any atom is -0.349 e. The molecule has 0 bridgehead atoms. The number of amides is 1. The van der Waals surface area contributed by atoms with Crippen LogP contribution < -0.4 is 5.32 Å². The summed E-state index contributed by atoms with van der Waals surface area (Å²) in [5.74, 6) is -0.600. The molecule has 7 heteroatoms. The molecule has 0 saturated carbocycles. The van der Waals surface area contributed by atoms with E-state index in [9.17, 15) is 9.18 Å². The average Bonchev–Trinajstić information content (AvgIpc) is 3.17. The number of nitrogens with one attached hydrogen (secondary N) is 2. The Hall–Kier alpha value is -2.54. The zero-order valence-electron chi connectivity index (χ0n) is 12.4. The molecule has 0 unspecified atom stereocenters. The van der Waals surface area contributed by atoms with Crippen LogP contribution in [0.2, 0.25) is 0 Å². The van der Waals surface area contributed by atoms with E-state index in [-0.39, 0.29) is 17.8 Å². The maximum atomic E-state index is 13.4. The van der Waals surface area contributed by atoms with Gasteiger partial charge < -0.3 is 5.32 Å². The topological polar surface area (TPSA) is 70.7 Å². The molecule has 3 rings (SSSR count). The van der Waals surface area contributed by atoms with Gasteiger partial charge in [0.15, 0.2) is 0 Å². The van der Waals surface area contributed by atoms with Crippen molar-refractivity contribution >= 4 is 17.2 Å². The first-order valence-corrected chi connectivity index (χ1v) is 7.99. The molecule has 2 aromatic heterocycles. The molecule has 0 aliphatic carbocycles. The van der Waals surface area contributed by atoms with E-state index in [1.807, 2.05) is 6.92 Å². The second kappa shape index (κ2) is 6.70. The number of H-pyrrole nitrogens is 1. The number of thiazole rings is 1. The Bertz CT molecular complexity index is 800. The van der Waals surface area contributed by atoms with Gasteiger partial charge in [-0.3, -0.25) is 14.9 Å². The molecule has 2 N–H and O–H groups in total. The second-order valence-electron chi connectivity index (χ2n) is 5.22. The van der Waals surface area contributed by atoms with E-state index in [2.05, 4.69) is 20.5 Å². The third kappa shape index (κ3) is 3.62. The zero-order valence-corrected chi connectivity index (χ0v) is 13.2. The van der Waals surface area contributed by atoms with E-state index in [0.717, 1.165) is 4.88 Å². The van der Waals surface area contributed by atoms with Crippen molar-refractivity contribution in [3.05, 3.63) is 58.4 Å². The van der Waals surface area contributed by atoms with Gasteiger partial charge in [-0.1, -0.05) is 12.1 Å². The number of carbonyl (C=O) groups excluding carboxylic acids is 1. The van der Waals surface area contributed by atoms with Crippen LogP contribution in [0.1, 0.15) is 22.2 Å². The lowest BCUT2D eigenvalue weighted by Gasteiger charge is -2.12. The van der Waals surface area contributed by atoms with Crippen molar-refractivity contribution in [2.24, 2.45) is 0 Å². The van der Waals surface area contributed by atoms with E-state index in [0.29, 0.717) is 23.2 Å². The normalized spacial score (nSPS) is 12.1. The molecule has 1 aromatic carbocycles. The van der Waals surface area contributed by atoms with Gasteiger partial charge in [-0.05, 0) is 19.1 Å². The Morgan fingerprint density at radius 1 is 1.43 bits per heavy atom. The van der Waals surface area contributed by atoms with Crippen molar-refractivity contribution in [3.8, 4) is 11.3 Å². The number of hydrogen-bond acceptors (Lipinski definition) is 4. The number of benzene rings is 1. The van der Waals surface area contributed by atoms with Gasteiger partial charge in [0.1, 0.15) is 5.82 Å². The van der Waals surface area contributed by atoms with Gasteiger partial charge in [0.05, 0.1) is 23.0 Å². The molecule has 1 amide bonds. The summed E-state index contributed by atoms with van der Waals surface area (Å²) in [5.41, 5.74) is 3.25. The Labute approximate surface area is 136 Å². The molecule has 0 aliphatic rings. The molecule has 23 heavy (non-hydrogen) atoms. The van der Waals surface area contributed by atoms with E-state index in [4.69, 9.17) is 0 Å². The highest BCUT2D eigenvalue weighted by atomic mass is 32.1. The molecular weight excluding hydrogens is 315 g/mol. The van der Waals surface area contributed by atoms with Crippen LogP contribution in [0.4, 0.5) is 4.39 Å². The molecular formula is C16H15FN4OS. The maximum Gasteiger partial charge on any atom is 0.255 e. The minimum atomic E-state index is -0.359. The van der Waals surface area contributed by atoms with E-state index in [1.165, 1.54) is 18.3 Å². The summed E-state index contributed by atoms with van der Waals surface area (Å²) in [5, 5.41) is 9.61. The van der Waals surface area contributed by atoms with Crippen molar-refractivity contribution in [3.63, 3.8) is 0 Å². The van der Waals surface area contributed by atoms with E-state index in [1.54, 1.807) is 35.2 Å². The molecule has 2 heterocycles. The van der Waals surface area contributed by atoms with Gasteiger partial charge in [0.2, 0.25) is 0 Å². The van der Waals surface area contributed by atoms with Crippen LogP contribution in [0.25, 0.3) is 11.3 Å². The Balaban J connectivity index is 1.74. The smallest absolute Gasteiger partial charge is 0.255 e. The molecule has 3 aromatic rings. The van der Waals surface area contributed by atoms with Gasteiger partial charge >= 0.3 is 0 Å². The van der Waals surface area contributed by atoms with Gasteiger partial charge in [-0.25, -0.2) is 4.39 Å². The molecule has 118 valence electrons. The van der Waals surface area contributed by atoms with Gasteiger partial charge in [-0.2, -0.15) is 5.10 Å². The van der Waals surface area contributed by atoms with Crippen LogP contribution >= 0.6 is 11.3 Å². The molecule has 1 atom stereocenters. The monoisotopic (exact) mass is 330 g/mol. The average molecular weight is 330 g/mol. The summed E-state index contributed by atoms with van der Waals surface area (Å²) >= 11 is 1.55. The molecule has 0 fully saturated rings. The number of aromatic amines is 1. The van der Waals surface area contributed by atoms with Crippen molar-refractivity contribution in [2.75, 3.05) is 0 Å². The number of rotatable bonds is 5. The standard InChI is InChI=1S/C16H15FN4OS/c1-10(5-13-7-18-9-23-13)20-16(22)14-8-19-21-15(14)11-3-2-4-12(17)6-11/h2-4,6-10H,5H2,1H3,(H,19,21)(H,20,22)/t10-/m0/s1. The van der Waals surface area contributed by atoms with E-state index < -0.39 is 0 Å². The summed E-state index contributed by atoms with van der Waals surface area (Å²) in [7, 11) is 0. The number of nitrogens with zero attached hydrogens (tertiary/aromatic N) is 2. The third-order valence-corrected chi connectivity index (χ3v) is 4.17. The highest BCUT2D eigenvalue weighted by Gasteiger charge is 2.17. The Kier molecular flexibility index (Phi) is 4.47. The fourth-order valence-corrected chi connectivity index (χ4v) is 3.04. The van der Waals surface area contributed by atoms with Crippen LogP contribution in [0.5, 0.6) is 0 Å². The summed E-state index contributed by atoms with van der Waals surface area (Å²) < 4.78 is 13.4. The summed E-state index contributed by atoms with van der Waals surface area (Å²) in [6, 6.07) is 6.01. The number of carbonyl (C=O) groups is 1. The lowest BCUT2D eigenvalue weighted by molar-refractivity contribution is 0.0941. The minimum absolute atomic E-state index is 0.0433. The predicted octanol–water partition coefficient (Wildman–Crippen LogP) is 3.03. The molecule has 5 nitrogen and oxygen atoms in total. The first kappa shape index (κ1) is 15.4.